The number of hydrogen-bond acceptors (Lipinski definition) is 5. The van der Waals surface area contributed by atoms with Crippen LogP contribution >= 0.6 is 0 Å². The Balaban J connectivity index is 1.70. The van der Waals surface area contributed by atoms with Gasteiger partial charge in [0.05, 0.1) is 6.42 Å². The number of carbonyl (C=O) groups is 2. The van der Waals surface area contributed by atoms with Crippen LogP contribution in [0.2, 0.25) is 0 Å². The Kier molecular flexibility index (Phi) is 6.70. The summed E-state index contributed by atoms with van der Waals surface area (Å²) < 4.78 is 0. The van der Waals surface area contributed by atoms with E-state index in [9.17, 15) is 14.7 Å². The maximum atomic E-state index is 12.1. The average Bonchev–Trinajstić information content (AvgIpc) is 3.17. The van der Waals surface area contributed by atoms with Gasteiger partial charge in [-0.3, -0.25) is 9.59 Å². The first-order valence-corrected chi connectivity index (χ1v) is 10.4. The Bertz CT molecular complexity index is 898. The summed E-state index contributed by atoms with van der Waals surface area (Å²) in [5.74, 6) is 0.528. The van der Waals surface area contributed by atoms with E-state index in [1.807, 2.05) is 45.0 Å². The molecule has 7 heteroatoms. The van der Waals surface area contributed by atoms with Crippen LogP contribution in [0.15, 0.2) is 30.5 Å². The van der Waals surface area contributed by atoms with Crippen LogP contribution in [-0.4, -0.2) is 40.0 Å². The average molecular weight is 411 g/mol. The number of hydrogen-bond donors (Lipinski definition) is 2. The molecule has 1 saturated heterocycles. The molecule has 3 rings (SSSR count). The molecule has 2 aromatic rings. The van der Waals surface area contributed by atoms with E-state index in [2.05, 4.69) is 15.2 Å². The largest absolute Gasteiger partial charge is 0.481 e. The first-order valence-electron chi connectivity index (χ1n) is 10.4. The van der Waals surface area contributed by atoms with Crippen LogP contribution in [0.1, 0.15) is 57.0 Å². The van der Waals surface area contributed by atoms with Gasteiger partial charge >= 0.3 is 5.97 Å². The smallest absolute Gasteiger partial charge is 0.308 e. The topological polar surface area (TPSA) is 95.4 Å². The van der Waals surface area contributed by atoms with Crippen molar-refractivity contribution in [2.75, 3.05) is 23.3 Å². The standard InChI is InChI=1S/C23H30N4O3/c1-23(2,3)14-20(28)25-18-8-6-16(7-9-18)12-19-24-15-17(13-21(29)30)22(26-19)27-10-4-5-11-27/h6-9,15H,4-5,10-14H2,1-3H3,(H,25,28)(H,29,30). The van der Waals surface area contributed by atoms with Crippen LogP contribution in [0, 0.1) is 5.41 Å². The second-order valence-corrected chi connectivity index (χ2v) is 9.06. The molecule has 1 amide bonds. The lowest BCUT2D eigenvalue weighted by Crippen LogP contribution is -2.22. The van der Waals surface area contributed by atoms with E-state index in [1.54, 1.807) is 6.20 Å². The Hall–Kier alpha value is -2.96. The molecule has 0 aliphatic carbocycles. The van der Waals surface area contributed by atoms with E-state index in [-0.39, 0.29) is 17.7 Å². The molecule has 1 aromatic carbocycles. The Morgan fingerprint density at radius 3 is 2.40 bits per heavy atom. The molecule has 1 aromatic heterocycles. The zero-order valence-corrected chi connectivity index (χ0v) is 17.9. The van der Waals surface area contributed by atoms with Crippen molar-refractivity contribution in [1.82, 2.24) is 9.97 Å². The quantitative estimate of drug-likeness (QED) is 0.723. The normalized spacial score (nSPS) is 14.0. The van der Waals surface area contributed by atoms with Crippen molar-refractivity contribution in [3.8, 4) is 0 Å². The molecule has 0 saturated carbocycles. The molecule has 1 fully saturated rings. The van der Waals surface area contributed by atoms with Crippen molar-refractivity contribution >= 4 is 23.4 Å². The van der Waals surface area contributed by atoms with Gasteiger partial charge < -0.3 is 15.3 Å². The number of benzene rings is 1. The molecular weight excluding hydrogens is 380 g/mol. The van der Waals surface area contributed by atoms with E-state index in [4.69, 9.17) is 4.98 Å². The monoisotopic (exact) mass is 410 g/mol. The summed E-state index contributed by atoms with van der Waals surface area (Å²) in [6.07, 6.45) is 4.76. The summed E-state index contributed by atoms with van der Waals surface area (Å²) in [6, 6.07) is 7.68. The van der Waals surface area contributed by atoms with Crippen LogP contribution in [0.3, 0.4) is 0 Å². The molecular formula is C23H30N4O3. The van der Waals surface area contributed by atoms with Gasteiger partial charge in [0.15, 0.2) is 0 Å². The van der Waals surface area contributed by atoms with Crippen molar-refractivity contribution in [2.24, 2.45) is 5.41 Å². The fourth-order valence-electron chi connectivity index (χ4n) is 3.58. The third-order valence-corrected chi connectivity index (χ3v) is 4.93. The van der Waals surface area contributed by atoms with Gasteiger partial charge in [0.1, 0.15) is 11.6 Å². The van der Waals surface area contributed by atoms with Gasteiger partial charge in [0.25, 0.3) is 0 Å². The fourth-order valence-corrected chi connectivity index (χ4v) is 3.58. The number of nitrogens with zero attached hydrogens (tertiary/aromatic N) is 3. The lowest BCUT2D eigenvalue weighted by Gasteiger charge is -2.20. The first-order chi connectivity index (χ1) is 14.2. The Morgan fingerprint density at radius 1 is 1.13 bits per heavy atom. The predicted octanol–water partition coefficient (Wildman–Crippen LogP) is 3.67. The summed E-state index contributed by atoms with van der Waals surface area (Å²) >= 11 is 0. The summed E-state index contributed by atoms with van der Waals surface area (Å²) in [7, 11) is 0. The number of amides is 1. The second-order valence-electron chi connectivity index (χ2n) is 9.06. The molecule has 160 valence electrons. The third-order valence-electron chi connectivity index (χ3n) is 4.93. The Labute approximate surface area is 177 Å². The lowest BCUT2D eigenvalue weighted by molar-refractivity contribution is -0.136. The molecule has 7 nitrogen and oxygen atoms in total. The van der Waals surface area contributed by atoms with Gasteiger partial charge in [0, 0.05) is 43.4 Å². The second kappa shape index (κ2) is 9.24. The van der Waals surface area contributed by atoms with Crippen LogP contribution in [0.5, 0.6) is 0 Å². The zero-order valence-electron chi connectivity index (χ0n) is 17.9. The highest BCUT2D eigenvalue weighted by molar-refractivity contribution is 5.91. The van der Waals surface area contributed by atoms with Crippen LogP contribution in [0.25, 0.3) is 0 Å². The number of rotatable bonds is 7. The molecule has 30 heavy (non-hydrogen) atoms. The van der Waals surface area contributed by atoms with Gasteiger partial charge in [-0.25, -0.2) is 9.97 Å². The maximum Gasteiger partial charge on any atom is 0.308 e. The predicted molar refractivity (Wildman–Crippen MR) is 117 cm³/mol. The van der Waals surface area contributed by atoms with Gasteiger partial charge in [-0.15, -0.1) is 0 Å². The number of carboxylic acids is 1. The molecule has 0 unspecified atom stereocenters. The minimum Gasteiger partial charge on any atom is -0.481 e. The van der Waals surface area contributed by atoms with Crippen molar-refractivity contribution < 1.29 is 14.7 Å². The van der Waals surface area contributed by atoms with E-state index in [0.717, 1.165) is 43.0 Å². The van der Waals surface area contributed by atoms with Crippen LogP contribution in [0.4, 0.5) is 11.5 Å². The highest BCUT2D eigenvalue weighted by Gasteiger charge is 2.20. The number of aliphatic carboxylic acids is 1. The van der Waals surface area contributed by atoms with E-state index < -0.39 is 5.97 Å². The van der Waals surface area contributed by atoms with Gasteiger partial charge in [-0.1, -0.05) is 32.9 Å². The minimum absolute atomic E-state index is 0.00265. The van der Waals surface area contributed by atoms with E-state index in [0.29, 0.717) is 24.2 Å². The molecule has 0 atom stereocenters. The van der Waals surface area contributed by atoms with Crippen molar-refractivity contribution in [3.05, 3.63) is 47.4 Å². The number of carbonyl (C=O) groups excluding carboxylic acids is 1. The molecule has 2 N–H and O–H groups in total. The number of carboxylic acid groups (broad SMARTS) is 1. The number of nitrogens with one attached hydrogen (secondary N) is 1. The molecule has 1 aliphatic rings. The maximum absolute atomic E-state index is 12.1. The van der Waals surface area contributed by atoms with Crippen molar-refractivity contribution in [3.63, 3.8) is 0 Å². The van der Waals surface area contributed by atoms with Crippen LogP contribution < -0.4 is 10.2 Å². The zero-order chi connectivity index (χ0) is 21.7. The number of anilines is 2. The van der Waals surface area contributed by atoms with E-state index >= 15 is 0 Å². The summed E-state index contributed by atoms with van der Waals surface area (Å²) in [5, 5.41) is 12.1. The number of aromatic nitrogens is 2. The van der Waals surface area contributed by atoms with Gasteiger partial charge in [0.2, 0.25) is 5.91 Å². The van der Waals surface area contributed by atoms with E-state index in [1.165, 1.54) is 0 Å². The molecule has 0 radical (unpaired) electrons. The SMILES string of the molecule is CC(C)(C)CC(=O)Nc1ccc(Cc2ncc(CC(=O)O)c(N3CCCC3)n2)cc1. The van der Waals surface area contributed by atoms with Crippen LogP contribution in [-0.2, 0) is 22.4 Å². The highest BCUT2D eigenvalue weighted by atomic mass is 16.4. The van der Waals surface area contributed by atoms with Crippen molar-refractivity contribution in [2.45, 2.75) is 52.9 Å². The molecule has 1 aliphatic heterocycles. The summed E-state index contributed by atoms with van der Waals surface area (Å²) in [6.45, 7) is 7.90. The fraction of sp³-hybridized carbons (Fsp3) is 0.478. The van der Waals surface area contributed by atoms with Gasteiger partial charge in [-0.2, -0.15) is 0 Å². The minimum atomic E-state index is -0.879. The van der Waals surface area contributed by atoms with Gasteiger partial charge in [-0.05, 0) is 36.0 Å². The summed E-state index contributed by atoms with van der Waals surface area (Å²) in [4.78, 5) is 34.5. The lowest BCUT2D eigenvalue weighted by atomic mass is 9.92. The third kappa shape index (κ3) is 6.27. The molecule has 2 heterocycles. The summed E-state index contributed by atoms with van der Waals surface area (Å²) in [5.41, 5.74) is 2.40. The van der Waals surface area contributed by atoms with Crippen molar-refractivity contribution in [1.29, 1.82) is 0 Å². The highest BCUT2D eigenvalue weighted by Crippen LogP contribution is 2.24. The first kappa shape index (κ1) is 21.7. The molecule has 0 bridgehead atoms. The molecule has 0 spiro atoms. The Morgan fingerprint density at radius 2 is 1.80 bits per heavy atom.